The Balaban J connectivity index is 2.07. The number of carboxylic acid groups (broad SMARTS) is 1. The molecular weight excluding hydrogens is 242 g/mol. The third-order valence-electron chi connectivity index (χ3n) is 3.26. The van der Waals surface area contributed by atoms with Crippen LogP contribution in [0.3, 0.4) is 0 Å². The van der Waals surface area contributed by atoms with Gasteiger partial charge in [-0.1, -0.05) is 12.1 Å². The first kappa shape index (κ1) is 13.3. The van der Waals surface area contributed by atoms with Crippen molar-refractivity contribution < 1.29 is 14.7 Å². The zero-order valence-electron chi connectivity index (χ0n) is 10.9. The monoisotopic (exact) mass is 259 g/mol. The number of rotatable bonds is 6. The Bertz CT molecular complexity index is 613. The van der Waals surface area contributed by atoms with Crippen molar-refractivity contribution in [2.24, 2.45) is 0 Å². The third-order valence-corrected chi connectivity index (χ3v) is 3.26. The number of aromatic amines is 1. The highest BCUT2D eigenvalue weighted by molar-refractivity contribution is 6.08. The van der Waals surface area contributed by atoms with E-state index in [1.165, 1.54) is 0 Å². The summed E-state index contributed by atoms with van der Waals surface area (Å²) in [5.41, 5.74) is 2.75. The molecule has 0 amide bonds. The highest BCUT2D eigenvalue weighted by Gasteiger charge is 2.13. The Morgan fingerprint density at radius 3 is 2.68 bits per heavy atom. The van der Waals surface area contributed by atoms with Gasteiger partial charge in [-0.25, -0.2) is 0 Å². The van der Waals surface area contributed by atoms with Crippen LogP contribution < -0.4 is 0 Å². The summed E-state index contributed by atoms with van der Waals surface area (Å²) in [6.45, 7) is 1.98. The Morgan fingerprint density at radius 1 is 1.21 bits per heavy atom. The number of fused-ring (bicyclic) bond motifs is 1. The molecule has 0 bridgehead atoms. The van der Waals surface area contributed by atoms with Crippen LogP contribution in [0.25, 0.3) is 10.9 Å². The van der Waals surface area contributed by atoms with E-state index in [1.807, 2.05) is 25.1 Å². The van der Waals surface area contributed by atoms with Crippen LogP contribution in [0.5, 0.6) is 0 Å². The van der Waals surface area contributed by atoms with E-state index < -0.39 is 5.97 Å². The van der Waals surface area contributed by atoms with Crippen molar-refractivity contribution >= 4 is 22.7 Å². The minimum atomic E-state index is -0.810. The highest BCUT2D eigenvalue weighted by Crippen LogP contribution is 2.23. The predicted octanol–water partition coefficient (Wildman–Crippen LogP) is 3.30. The van der Waals surface area contributed by atoms with Gasteiger partial charge in [0.15, 0.2) is 5.78 Å². The Kier molecular flexibility index (Phi) is 4.00. The first-order valence-corrected chi connectivity index (χ1v) is 6.41. The van der Waals surface area contributed by atoms with Gasteiger partial charge >= 0.3 is 5.97 Å². The zero-order chi connectivity index (χ0) is 13.8. The standard InChI is InChI=1S/C15H17NO3/c1-10-5-4-6-12-15(10)11(9-16-12)13(17)7-2-3-8-14(18)19/h4-6,9,16H,2-3,7-8H2,1H3,(H,18,19). The average molecular weight is 259 g/mol. The van der Waals surface area contributed by atoms with Crippen molar-refractivity contribution in [1.29, 1.82) is 0 Å². The maximum atomic E-state index is 12.1. The van der Waals surface area contributed by atoms with Crippen LogP contribution in [-0.2, 0) is 4.79 Å². The quantitative estimate of drug-likeness (QED) is 0.617. The normalized spacial score (nSPS) is 10.8. The van der Waals surface area contributed by atoms with Gasteiger partial charge in [-0.15, -0.1) is 0 Å². The van der Waals surface area contributed by atoms with Crippen LogP contribution in [0, 0.1) is 6.92 Å². The molecule has 0 aliphatic heterocycles. The van der Waals surface area contributed by atoms with Gasteiger partial charge in [0.05, 0.1) is 0 Å². The molecule has 1 aromatic carbocycles. The molecule has 0 saturated carbocycles. The second-order valence-electron chi connectivity index (χ2n) is 4.72. The molecule has 0 fully saturated rings. The number of aromatic nitrogens is 1. The second-order valence-corrected chi connectivity index (χ2v) is 4.72. The number of hydrogen-bond acceptors (Lipinski definition) is 2. The molecule has 0 radical (unpaired) electrons. The second kappa shape index (κ2) is 5.69. The summed E-state index contributed by atoms with van der Waals surface area (Å²) in [6.07, 6.45) is 3.43. The predicted molar refractivity (Wildman–Crippen MR) is 73.5 cm³/mol. The van der Waals surface area contributed by atoms with E-state index in [1.54, 1.807) is 6.20 Å². The van der Waals surface area contributed by atoms with E-state index in [4.69, 9.17) is 5.11 Å². The molecule has 2 aromatic rings. The van der Waals surface area contributed by atoms with Crippen LogP contribution in [-0.4, -0.2) is 21.8 Å². The van der Waals surface area contributed by atoms with Gasteiger partial charge in [0.2, 0.25) is 0 Å². The van der Waals surface area contributed by atoms with Gasteiger partial charge < -0.3 is 10.1 Å². The molecule has 0 aliphatic rings. The first-order chi connectivity index (χ1) is 9.09. The lowest BCUT2D eigenvalue weighted by Gasteiger charge is -2.01. The van der Waals surface area contributed by atoms with E-state index in [-0.39, 0.29) is 12.2 Å². The summed E-state index contributed by atoms with van der Waals surface area (Å²) in [4.78, 5) is 25.7. The topological polar surface area (TPSA) is 70.2 Å². The van der Waals surface area contributed by atoms with Gasteiger partial charge in [0.25, 0.3) is 0 Å². The molecule has 4 heteroatoms. The van der Waals surface area contributed by atoms with E-state index in [2.05, 4.69) is 4.98 Å². The van der Waals surface area contributed by atoms with E-state index >= 15 is 0 Å². The summed E-state index contributed by atoms with van der Waals surface area (Å²) in [5, 5.41) is 9.53. The van der Waals surface area contributed by atoms with Crippen LogP contribution >= 0.6 is 0 Å². The van der Waals surface area contributed by atoms with Crippen LogP contribution in [0.2, 0.25) is 0 Å². The van der Waals surface area contributed by atoms with Gasteiger partial charge in [0, 0.05) is 35.5 Å². The Hall–Kier alpha value is -2.10. The number of carboxylic acids is 1. The van der Waals surface area contributed by atoms with Crippen LogP contribution in [0.1, 0.15) is 41.6 Å². The number of carbonyl (C=O) groups excluding carboxylic acids is 1. The summed E-state index contributed by atoms with van der Waals surface area (Å²) in [6, 6.07) is 5.89. The molecule has 0 atom stereocenters. The molecule has 1 heterocycles. The van der Waals surface area contributed by atoms with Crippen molar-refractivity contribution in [3.05, 3.63) is 35.5 Å². The zero-order valence-corrected chi connectivity index (χ0v) is 10.9. The molecule has 0 spiro atoms. The fourth-order valence-corrected chi connectivity index (χ4v) is 2.28. The average Bonchev–Trinajstić information content (AvgIpc) is 2.79. The van der Waals surface area contributed by atoms with E-state index in [0.717, 1.165) is 16.5 Å². The van der Waals surface area contributed by atoms with Crippen molar-refractivity contribution in [3.63, 3.8) is 0 Å². The maximum absolute atomic E-state index is 12.1. The number of aryl methyl sites for hydroxylation is 1. The molecular formula is C15H17NO3. The number of Topliss-reactive ketones (excluding diaryl/α,β-unsaturated/α-hetero) is 1. The summed E-state index contributed by atoms with van der Waals surface area (Å²) in [7, 11) is 0. The lowest BCUT2D eigenvalue weighted by Crippen LogP contribution is -2.00. The van der Waals surface area contributed by atoms with Crippen molar-refractivity contribution in [2.45, 2.75) is 32.6 Å². The smallest absolute Gasteiger partial charge is 0.303 e. The van der Waals surface area contributed by atoms with E-state index in [0.29, 0.717) is 24.8 Å². The molecule has 0 saturated heterocycles. The van der Waals surface area contributed by atoms with E-state index in [9.17, 15) is 9.59 Å². The van der Waals surface area contributed by atoms with Gasteiger partial charge in [-0.05, 0) is 31.4 Å². The fourth-order valence-electron chi connectivity index (χ4n) is 2.28. The molecule has 4 nitrogen and oxygen atoms in total. The van der Waals surface area contributed by atoms with Gasteiger partial charge in [-0.2, -0.15) is 0 Å². The minimum absolute atomic E-state index is 0.0749. The SMILES string of the molecule is Cc1cccc2[nH]cc(C(=O)CCCCC(=O)O)c12. The minimum Gasteiger partial charge on any atom is -0.481 e. The maximum Gasteiger partial charge on any atom is 0.303 e. The summed E-state index contributed by atoms with van der Waals surface area (Å²) < 4.78 is 0. The lowest BCUT2D eigenvalue weighted by atomic mass is 10.0. The third kappa shape index (κ3) is 3.02. The fraction of sp³-hybridized carbons (Fsp3) is 0.333. The number of carbonyl (C=O) groups is 2. The van der Waals surface area contributed by atoms with Gasteiger partial charge in [-0.3, -0.25) is 9.59 Å². The van der Waals surface area contributed by atoms with Crippen LogP contribution in [0.4, 0.5) is 0 Å². The molecule has 2 N–H and O–H groups in total. The van der Waals surface area contributed by atoms with Crippen molar-refractivity contribution in [1.82, 2.24) is 4.98 Å². The Morgan fingerprint density at radius 2 is 1.95 bits per heavy atom. The number of H-pyrrole nitrogens is 1. The first-order valence-electron chi connectivity index (χ1n) is 6.41. The summed E-state index contributed by atoms with van der Waals surface area (Å²) >= 11 is 0. The number of aliphatic carboxylic acids is 1. The molecule has 100 valence electrons. The van der Waals surface area contributed by atoms with Crippen molar-refractivity contribution in [2.75, 3.05) is 0 Å². The Labute approximate surface area is 111 Å². The number of benzene rings is 1. The number of nitrogens with one attached hydrogen (secondary N) is 1. The molecule has 0 aliphatic carbocycles. The number of unbranched alkanes of at least 4 members (excludes halogenated alkanes) is 1. The van der Waals surface area contributed by atoms with Gasteiger partial charge in [0.1, 0.15) is 0 Å². The van der Waals surface area contributed by atoms with Crippen molar-refractivity contribution in [3.8, 4) is 0 Å². The molecule has 1 aromatic heterocycles. The number of hydrogen-bond donors (Lipinski definition) is 2. The number of ketones is 1. The summed E-state index contributed by atoms with van der Waals surface area (Å²) in [5.74, 6) is -0.735. The molecule has 2 rings (SSSR count). The lowest BCUT2D eigenvalue weighted by molar-refractivity contribution is -0.137. The highest BCUT2D eigenvalue weighted by atomic mass is 16.4. The van der Waals surface area contributed by atoms with Crippen LogP contribution in [0.15, 0.2) is 24.4 Å². The molecule has 0 unspecified atom stereocenters. The molecule has 19 heavy (non-hydrogen) atoms. The largest absolute Gasteiger partial charge is 0.481 e.